The van der Waals surface area contributed by atoms with Crippen LogP contribution in [0.2, 0.25) is 0 Å². The average Bonchev–Trinajstić information content (AvgIpc) is 2.97. The Morgan fingerprint density at radius 2 is 1.91 bits per heavy atom. The van der Waals surface area contributed by atoms with Gasteiger partial charge in [-0.25, -0.2) is 8.42 Å². The normalized spacial score (nSPS) is 28.8. The van der Waals surface area contributed by atoms with E-state index in [2.05, 4.69) is 0 Å². The fourth-order valence-electron chi connectivity index (χ4n) is 3.69. The van der Waals surface area contributed by atoms with Crippen molar-refractivity contribution in [2.24, 2.45) is 11.8 Å². The lowest BCUT2D eigenvalue weighted by Crippen LogP contribution is -2.50. The van der Waals surface area contributed by atoms with Crippen LogP contribution in [0.3, 0.4) is 0 Å². The summed E-state index contributed by atoms with van der Waals surface area (Å²) in [4.78, 5) is 11.3. The molecular formula is C16H29NO5S. The summed E-state index contributed by atoms with van der Waals surface area (Å²) in [7, 11) is -3.45. The average molecular weight is 347 g/mol. The van der Waals surface area contributed by atoms with E-state index in [4.69, 9.17) is 4.74 Å². The molecular weight excluding hydrogens is 318 g/mol. The maximum atomic E-state index is 12.6. The van der Waals surface area contributed by atoms with Gasteiger partial charge in [0.2, 0.25) is 10.0 Å². The minimum Gasteiger partial charge on any atom is -0.481 e. The fraction of sp³-hybridized carbons (Fsp3) is 0.938. The van der Waals surface area contributed by atoms with Gasteiger partial charge in [-0.05, 0) is 38.5 Å². The number of sulfonamides is 1. The van der Waals surface area contributed by atoms with Gasteiger partial charge in [0.25, 0.3) is 0 Å². The number of hydrogen-bond donors (Lipinski definition) is 1. The van der Waals surface area contributed by atoms with Crippen LogP contribution in [0.1, 0.15) is 52.4 Å². The molecule has 0 aromatic rings. The molecule has 1 saturated carbocycles. The Morgan fingerprint density at radius 3 is 2.52 bits per heavy atom. The lowest BCUT2D eigenvalue weighted by atomic mass is 9.92. The maximum absolute atomic E-state index is 12.6. The Morgan fingerprint density at radius 1 is 1.26 bits per heavy atom. The summed E-state index contributed by atoms with van der Waals surface area (Å²) in [6.45, 7) is 4.46. The number of piperidine rings is 1. The molecule has 1 aliphatic carbocycles. The number of carboxylic acid groups (broad SMARTS) is 1. The first kappa shape index (κ1) is 18.7. The van der Waals surface area contributed by atoms with Crippen LogP contribution in [0.15, 0.2) is 0 Å². The van der Waals surface area contributed by atoms with E-state index in [1.54, 1.807) is 6.92 Å². The Kier molecular flexibility index (Phi) is 6.45. The highest BCUT2D eigenvalue weighted by atomic mass is 32.2. The summed E-state index contributed by atoms with van der Waals surface area (Å²) in [5.41, 5.74) is 0. The summed E-state index contributed by atoms with van der Waals surface area (Å²) in [5, 5.41) is 9.24. The zero-order chi connectivity index (χ0) is 17.0. The van der Waals surface area contributed by atoms with Gasteiger partial charge in [-0.15, -0.1) is 0 Å². The number of rotatable bonds is 7. The number of nitrogens with zero attached hydrogens (tertiary/aromatic N) is 1. The summed E-state index contributed by atoms with van der Waals surface area (Å²) in [5.74, 6) is -1.58. The lowest BCUT2D eigenvalue weighted by Gasteiger charge is -2.37. The van der Waals surface area contributed by atoms with Gasteiger partial charge in [0.1, 0.15) is 0 Å². The molecule has 1 aliphatic heterocycles. The van der Waals surface area contributed by atoms with Gasteiger partial charge in [-0.1, -0.05) is 19.8 Å². The van der Waals surface area contributed by atoms with Crippen molar-refractivity contribution in [3.05, 3.63) is 0 Å². The van der Waals surface area contributed by atoms with Gasteiger partial charge >= 0.3 is 5.97 Å². The number of aliphatic carboxylic acids is 1. The van der Waals surface area contributed by atoms with E-state index in [-0.39, 0.29) is 17.8 Å². The molecule has 3 atom stereocenters. The second-order valence-corrected chi connectivity index (χ2v) is 9.03. The van der Waals surface area contributed by atoms with Gasteiger partial charge in [0.05, 0.1) is 24.4 Å². The first-order valence-electron chi connectivity index (χ1n) is 8.65. The van der Waals surface area contributed by atoms with Crippen molar-refractivity contribution in [3.63, 3.8) is 0 Å². The Balaban J connectivity index is 1.90. The zero-order valence-electron chi connectivity index (χ0n) is 14.1. The van der Waals surface area contributed by atoms with Crippen molar-refractivity contribution in [1.82, 2.24) is 4.31 Å². The minimum absolute atomic E-state index is 0.0242. The number of ether oxygens (including phenoxy) is 1. The molecule has 7 heteroatoms. The molecule has 2 aliphatic rings. The molecule has 0 bridgehead atoms. The molecule has 1 N–H and O–H groups in total. The predicted octanol–water partition coefficient (Wildman–Crippen LogP) is 2.10. The van der Waals surface area contributed by atoms with E-state index in [0.717, 1.165) is 12.8 Å². The zero-order valence-corrected chi connectivity index (χ0v) is 14.9. The second kappa shape index (κ2) is 7.94. The Bertz CT molecular complexity index is 501. The summed E-state index contributed by atoms with van der Waals surface area (Å²) in [6.07, 6.45) is 5.96. The van der Waals surface area contributed by atoms with Crippen LogP contribution in [0.25, 0.3) is 0 Å². The van der Waals surface area contributed by atoms with Gasteiger partial charge in [-0.3, -0.25) is 4.79 Å². The molecule has 0 spiro atoms. The molecule has 0 radical (unpaired) electrons. The molecule has 0 aromatic carbocycles. The molecule has 134 valence electrons. The van der Waals surface area contributed by atoms with Crippen LogP contribution < -0.4 is 0 Å². The van der Waals surface area contributed by atoms with Crippen LogP contribution in [0.5, 0.6) is 0 Å². The molecule has 6 nitrogen and oxygen atoms in total. The molecule has 1 saturated heterocycles. The minimum atomic E-state index is -3.45. The van der Waals surface area contributed by atoms with Crippen molar-refractivity contribution in [3.8, 4) is 0 Å². The van der Waals surface area contributed by atoms with E-state index in [9.17, 15) is 18.3 Å². The Hall–Kier alpha value is -0.660. The van der Waals surface area contributed by atoms with Crippen molar-refractivity contribution >= 4 is 16.0 Å². The molecule has 0 amide bonds. The summed E-state index contributed by atoms with van der Waals surface area (Å²) >= 11 is 0. The van der Waals surface area contributed by atoms with Crippen molar-refractivity contribution < 1.29 is 23.1 Å². The van der Waals surface area contributed by atoms with Gasteiger partial charge < -0.3 is 9.84 Å². The SMILES string of the molecule is CC(COC1CCCC1)CS(=O)(=O)N1CCC[C@H](C(=O)O)[C@@H]1C. The van der Waals surface area contributed by atoms with Crippen LogP contribution in [-0.2, 0) is 19.6 Å². The van der Waals surface area contributed by atoms with Gasteiger partial charge in [0, 0.05) is 12.6 Å². The molecule has 0 aromatic heterocycles. The van der Waals surface area contributed by atoms with Crippen molar-refractivity contribution in [1.29, 1.82) is 0 Å². The Labute approximate surface area is 139 Å². The number of carbonyl (C=O) groups is 1. The summed E-state index contributed by atoms with van der Waals surface area (Å²) in [6, 6.07) is -0.478. The van der Waals surface area contributed by atoms with Gasteiger partial charge in [-0.2, -0.15) is 4.31 Å². The third-order valence-electron chi connectivity index (χ3n) is 5.02. The van der Waals surface area contributed by atoms with Crippen LogP contribution in [-0.4, -0.2) is 54.8 Å². The van der Waals surface area contributed by atoms with E-state index < -0.39 is 28.0 Å². The highest BCUT2D eigenvalue weighted by molar-refractivity contribution is 7.89. The predicted molar refractivity (Wildman–Crippen MR) is 87.7 cm³/mol. The maximum Gasteiger partial charge on any atom is 0.308 e. The standard InChI is InChI=1S/C16H29NO5S/c1-12(10-22-14-6-3-4-7-14)11-23(20,21)17-9-5-8-15(13(17)2)16(18)19/h12-15H,3-11H2,1-2H3,(H,18,19)/t12?,13-,15-/m0/s1. The van der Waals surface area contributed by atoms with Gasteiger partial charge in [0.15, 0.2) is 0 Å². The van der Waals surface area contributed by atoms with Crippen LogP contribution in [0.4, 0.5) is 0 Å². The first-order valence-corrected chi connectivity index (χ1v) is 10.3. The first-order chi connectivity index (χ1) is 10.8. The quantitative estimate of drug-likeness (QED) is 0.762. The highest BCUT2D eigenvalue weighted by Crippen LogP contribution is 2.27. The van der Waals surface area contributed by atoms with E-state index in [1.807, 2.05) is 6.92 Å². The largest absolute Gasteiger partial charge is 0.481 e. The second-order valence-electron chi connectivity index (χ2n) is 7.06. The smallest absolute Gasteiger partial charge is 0.308 e. The number of hydrogen-bond acceptors (Lipinski definition) is 4. The monoisotopic (exact) mass is 347 g/mol. The highest BCUT2D eigenvalue weighted by Gasteiger charge is 2.39. The summed E-state index contributed by atoms with van der Waals surface area (Å²) < 4.78 is 32.5. The molecule has 1 unspecified atom stereocenters. The number of carboxylic acids is 1. The molecule has 23 heavy (non-hydrogen) atoms. The van der Waals surface area contributed by atoms with E-state index >= 15 is 0 Å². The topological polar surface area (TPSA) is 83.9 Å². The molecule has 2 fully saturated rings. The molecule has 2 rings (SSSR count). The van der Waals surface area contributed by atoms with E-state index in [0.29, 0.717) is 26.0 Å². The van der Waals surface area contributed by atoms with E-state index in [1.165, 1.54) is 17.1 Å². The molecule has 1 heterocycles. The third-order valence-corrected chi connectivity index (χ3v) is 7.24. The third kappa shape index (κ3) is 4.90. The van der Waals surface area contributed by atoms with Crippen LogP contribution >= 0.6 is 0 Å². The van der Waals surface area contributed by atoms with Crippen molar-refractivity contribution in [2.75, 3.05) is 18.9 Å². The van der Waals surface area contributed by atoms with Crippen molar-refractivity contribution in [2.45, 2.75) is 64.5 Å². The van der Waals surface area contributed by atoms with Crippen LogP contribution in [0, 0.1) is 11.8 Å². The fourth-order valence-corrected chi connectivity index (χ4v) is 5.76. The lowest BCUT2D eigenvalue weighted by molar-refractivity contribution is -0.144.